The molecule has 0 spiro atoms. The lowest BCUT2D eigenvalue weighted by molar-refractivity contribution is 0.579. The van der Waals surface area contributed by atoms with Crippen molar-refractivity contribution in [3.63, 3.8) is 0 Å². The maximum Gasteiger partial charge on any atom is 0.169 e. The number of hydrogen-bond acceptors (Lipinski definition) is 3. The normalized spacial score (nSPS) is 10.5. The molecule has 0 saturated heterocycles. The van der Waals surface area contributed by atoms with Crippen LogP contribution in [0.1, 0.15) is 13.3 Å². The topological polar surface area (TPSA) is 37.0 Å². The van der Waals surface area contributed by atoms with Gasteiger partial charge in [-0.25, -0.2) is 13.8 Å². The van der Waals surface area contributed by atoms with Crippen molar-refractivity contribution in [1.82, 2.24) is 4.98 Å². The van der Waals surface area contributed by atoms with E-state index in [1.807, 2.05) is 6.92 Å². The molecule has 0 aliphatic heterocycles. The number of rotatable bonds is 5. The molecule has 0 amide bonds. The number of benzene rings is 1. The first-order valence-electron chi connectivity index (χ1n) is 6.33. The van der Waals surface area contributed by atoms with Gasteiger partial charge in [-0.15, -0.1) is 0 Å². The maximum absolute atomic E-state index is 13.8. The standard InChI is InChI=1S/C14H13ClF2IN3/c1-2-5-19-13-9(16)7-10(17)14(21-13)20-12-4-3-8(15)6-11(12)18/h3-4,6-7H,2,5H2,1H3,(H2,19,20,21). The van der Waals surface area contributed by atoms with Crippen molar-refractivity contribution in [3.8, 4) is 0 Å². The highest BCUT2D eigenvalue weighted by atomic mass is 127. The van der Waals surface area contributed by atoms with E-state index in [9.17, 15) is 8.78 Å². The van der Waals surface area contributed by atoms with Crippen LogP contribution >= 0.6 is 34.2 Å². The van der Waals surface area contributed by atoms with Crippen LogP contribution in [0.3, 0.4) is 0 Å². The van der Waals surface area contributed by atoms with Crippen molar-refractivity contribution >= 4 is 51.5 Å². The summed E-state index contributed by atoms with van der Waals surface area (Å²) >= 11 is 7.95. The average molecular weight is 424 g/mol. The highest BCUT2D eigenvalue weighted by molar-refractivity contribution is 14.1. The molecule has 0 atom stereocenters. The number of anilines is 3. The van der Waals surface area contributed by atoms with E-state index < -0.39 is 11.6 Å². The van der Waals surface area contributed by atoms with E-state index in [1.165, 1.54) is 0 Å². The molecule has 21 heavy (non-hydrogen) atoms. The van der Waals surface area contributed by atoms with Gasteiger partial charge in [-0.3, -0.25) is 0 Å². The van der Waals surface area contributed by atoms with E-state index in [0.29, 0.717) is 17.3 Å². The molecular weight excluding hydrogens is 411 g/mol. The van der Waals surface area contributed by atoms with Crippen LogP contribution < -0.4 is 10.6 Å². The van der Waals surface area contributed by atoms with Gasteiger partial charge in [0, 0.05) is 21.2 Å². The highest BCUT2D eigenvalue weighted by Gasteiger charge is 2.13. The number of nitrogens with zero attached hydrogens (tertiary/aromatic N) is 1. The van der Waals surface area contributed by atoms with Gasteiger partial charge in [-0.2, -0.15) is 0 Å². The highest BCUT2D eigenvalue weighted by Crippen LogP contribution is 2.27. The van der Waals surface area contributed by atoms with E-state index in [2.05, 4.69) is 38.2 Å². The summed E-state index contributed by atoms with van der Waals surface area (Å²) in [4.78, 5) is 3.96. The second-order valence-electron chi connectivity index (χ2n) is 4.33. The third-order valence-corrected chi connectivity index (χ3v) is 3.78. The predicted molar refractivity (Wildman–Crippen MR) is 90.4 cm³/mol. The first kappa shape index (κ1) is 16.2. The van der Waals surface area contributed by atoms with Gasteiger partial charge in [0.1, 0.15) is 0 Å². The number of halogens is 4. The average Bonchev–Trinajstić information content (AvgIpc) is 2.43. The molecule has 7 heteroatoms. The first-order valence-corrected chi connectivity index (χ1v) is 7.79. The van der Waals surface area contributed by atoms with Gasteiger partial charge in [0.05, 0.1) is 5.69 Å². The van der Waals surface area contributed by atoms with Gasteiger partial charge < -0.3 is 10.6 Å². The zero-order chi connectivity index (χ0) is 15.4. The molecule has 1 aromatic carbocycles. The molecule has 1 heterocycles. The van der Waals surface area contributed by atoms with Crippen LogP contribution in [0.2, 0.25) is 5.02 Å². The fourth-order valence-electron chi connectivity index (χ4n) is 1.64. The van der Waals surface area contributed by atoms with Crippen molar-refractivity contribution in [2.45, 2.75) is 13.3 Å². The Morgan fingerprint density at radius 2 is 1.90 bits per heavy atom. The van der Waals surface area contributed by atoms with E-state index in [0.717, 1.165) is 16.1 Å². The van der Waals surface area contributed by atoms with Gasteiger partial charge in [-0.05, 0) is 47.2 Å². The van der Waals surface area contributed by atoms with Gasteiger partial charge in [-0.1, -0.05) is 18.5 Å². The molecule has 0 bridgehead atoms. The quantitative estimate of drug-likeness (QED) is 0.651. The molecule has 0 saturated carbocycles. The number of hydrogen-bond donors (Lipinski definition) is 2. The Kier molecular flexibility index (Phi) is 5.58. The molecule has 2 N–H and O–H groups in total. The number of nitrogens with one attached hydrogen (secondary N) is 2. The third kappa shape index (κ3) is 4.16. The maximum atomic E-state index is 13.8. The lowest BCUT2D eigenvalue weighted by atomic mass is 10.3. The largest absolute Gasteiger partial charge is 0.368 e. The SMILES string of the molecule is CCCNc1nc(Nc2ccc(Cl)cc2I)c(F)cc1F. The monoisotopic (exact) mass is 423 g/mol. The molecule has 0 aliphatic carbocycles. The lowest BCUT2D eigenvalue weighted by Gasteiger charge is -2.12. The second kappa shape index (κ2) is 7.22. The van der Waals surface area contributed by atoms with Gasteiger partial charge in [0.15, 0.2) is 23.3 Å². The molecular formula is C14H13ClF2IN3. The summed E-state index contributed by atoms with van der Waals surface area (Å²) < 4.78 is 28.3. The Balaban J connectivity index is 2.30. The van der Waals surface area contributed by atoms with Crippen LogP contribution in [-0.4, -0.2) is 11.5 Å². The molecule has 0 radical (unpaired) electrons. The van der Waals surface area contributed by atoms with Crippen LogP contribution in [-0.2, 0) is 0 Å². The fourth-order valence-corrected chi connectivity index (χ4v) is 2.65. The predicted octanol–water partition coefficient (Wildman–Crippen LogP) is 5.18. The van der Waals surface area contributed by atoms with Crippen LogP contribution in [0.4, 0.5) is 26.1 Å². The van der Waals surface area contributed by atoms with Gasteiger partial charge >= 0.3 is 0 Å². The third-order valence-electron chi connectivity index (χ3n) is 2.66. The summed E-state index contributed by atoms with van der Waals surface area (Å²) in [6.45, 7) is 2.51. The Morgan fingerprint density at radius 1 is 1.19 bits per heavy atom. The van der Waals surface area contributed by atoms with Crippen molar-refractivity contribution in [2.75, 3.05) is 17.2 Å². The summed E-state index contributed by atoms with van der Waals surface area (Å²) in [5.41, 5.74) is 0.652. The minimum Gasteiger partial charge on any atom is -0.368 e. The fraction of sp³-hybridized carbons (Fsp3) is 0.214. The number of aromatic nitrogens is 1. The zero-order valence-electron chi connectivity index (χ0n) is 11.2. The molecule has 0 aliphatic rings. The van der Waals surface area contributed by atoms with Crippen LogP contribution in [0, 0.1) is 15.2 Å². The van der Waals surface area contributed by atoms with E-state index >= 15 is 0 Å². The van der Waals surface area contributed by atoms with Gasteiger partial charge in [0.2, 0.25) is 0 Å². The van der Waals surface area contributed by atoms with Crippen molar-refractivity contribution in [1.29, 1.82) is 0 Å². The van der Waals surface area contributed by atoms with Crippen molar-refractivity contribution in [3.05, 3.63) is 44.5 Å². The molecule has 2 rings (SSSR count). The van der Waals surface area contributed by atoms with E-state index in [-0.39, 0.29) is 11.6 Å². The number of pyridine rings is 1. The molecule has 1 aromatic heterocycles. The minimum atomic E-state index is -0.750. The molecule has 3 nitrogen and oxygen atoms in total. The van der Waals surface area contributed by atoms with Crippen LogP contribution in [0.5, 0.6) is 0 Å². The Labute approximate surface area is 140 Å². The smallest absolute Gasteiger partial charge is 0.169 e. The molecule has 0 fully saturated rings. The van der Waals surface area contributed by atoms with Crippen molar-refractivity contribution < 1.29 is 8.78 Å². The minimum absolute atomic E-state index is 0.0321. The summed E-state index contributed by atoms with van der Waals surface area (Å²) in [6.07, 6.45) is 0.816. The molecule has 112 valence electrons. The zero-order valence-corrected chi connectivity index (χ0v) is 14.1. The van der Waals surface area contributed by atoms with E-state index in [1.54, 1.807) is 18.2 Å². The Hall–Kier alpha value is -1.15. The molecule has 2 aromatic rings. The van der Waals surface area contributed by atoms with Crippen molar-refractivity contribution in [2.24, 2.45) is 0 Å². The summed E-state index contributed by atoms with van der Waals surface area (Å²) in [5.74, 6) is -1.46. The summed E-state index contributed by atoms with van der Waals surface area (Å²) in [6, 6.07) is 5.95. The van der Waals surface area contributed by atoms with E-state index in [4.69, 9.17) is 11.6 Å². The van der Waals surface area contributed by atoms with Crippen LogP contribution in [0.25, 0.3) is 0 Å². The van der Waals surface area contributed by atoms with Gasteiger partial charge in [0.25, 0.3) is 0 Å². The lowest BCUT2D eigenvalue weighted by Crippen LogP contribution is -2.08. The Morgan fingerprint density at radius 3 is 2.57 bits per heavy atom. The first-order chi connectivity index (χ1) is 10.0. The second-order valence-corrected chi connectivity index (χ2v) is 5.92. The molecule has 0 unspecified atom stereocenters. The summed E-state index contributed by atoms with van der Waals surface area (Å²) in [5, 5.41) is 6.26. The summed E-state index contributed by atoms with van der Waals surface area (Å²) in [7, 11) is 0. The van der Waals surface area contributed by atoms with Crippen LogP contribution in [0.15, 0.2) is 24.3 Å². The Bertz CT molecular complexity index is 652.